The molecule has 0 spiro atoms. The van der Waals surface area contributed by atoms with Gasteiger partial charge in [-0.2, -0.15) is 11.8 Å². The molecule has 168 valence electrons. The molecular formula is C21H22N4O4S3. The minimum Gasteiger partial charge on any atom is -0.480 e. The lowest BCUT2D eigenvalue weighted by Gasteiger charge is -2.16. The van der Waals surface area contributed by atoms with Crippen LogP contribution in [0.25, 0.3) is 10.4 Å². The van der Waals surface area contributed by atoms with Gasteiger partial charge in [-0.05, 0) is 48.1 Å². The highest BCUT2D eigenvalue weighted by Crippen LogP contribution is 2.31. The average Bonchev–Trinajstić information content (AvgIpc) is 3.42. The van der Waals surface area contributed by atoms with E-state index >= 15 is 0 Å². The first-order valence-electron chi connectivity index (χ1n) is 9.57. The van der Waals surface area contributed by atoms with Crippen molar-refractivity contribution in [1.82, 2.24) is 10.3 Å². The molecule has 11 heteroatoms. The van der Waals surface area contributed by atoms with Crippen molar-refractivity contribution in [2.75, 3.05) is 23.1 Å². The van der Waals surface area contributed by atoms with Crippen LogP contribution in [0.1, 0.15) is 22.5 Å². The molecule has 0 radical (unpaired) electrons. The molecule has 0 unspecified atom stereocenters. The molecule has 1 aromatic carbocycles. The largest absolute Gasteiger partial charge is 0.480 e. The molecule has 0 aliphatic heterocycles. The third kappa shape index (κ3) is 6.31. The fourth-order valence-corrected chi connectivity index (χ4v) is 4.75. The fourth-order valence-electron chi connectivity index (χ4n) is 2.96. The molecular weight excluding hydrogens is 468 g/mol. The van der Waals surface area contributed by atoms with Crippen LogP contribution in [0.3, 0.4) is 0 Å². The number of carbonyl (C=O) groups excluding carboxylic acids is 2. The van der Waals surface area contributed by atoms with Crippen molar-refractivity contribution in [2.45, 2.75) is 18.9 Å². The number of amides is 2. The Labute approximate surface area is 197 Å². The van der Waals surface area contributed by atoms with Gasteiger partial charge < -0.3 is 21.5 Å². The molecule has 0 saturated heterocycles. The van der Waals surface area contributed by atoms with Gasteiger partial charge in [-0.15, -0.1) is 22.7 Å². The molecule has 3 aromatic rings. The van der Waals surface area contributed by atoms with Crippen molar-refractivity contribution < 1.29 is 19.5 Å². The smallest absolute Gasteiger partial charge is 0.326 e. The molecule has 0 fully saturated rings. The summed E-state index contributed by atoms with van der Waals surface area (Å²) in [6.07, 6.45) is 2.29. The van der Waals surface area contributed by atoms with Gasteiger partial charge in [0.05, 0.1) is 12.1 Å². The number of hydrogen-bond donors (Lipinski definition) is 4. The van der Waals surface area contributed by atoms with Gasteiger partial charge in [0.1, 0.15) is 6.04 Å². The summed E-state index contributed by atoms with van der Waals surface area (Å²) in [5.41, 5.74) is 7.67. The summed E-state index contributed by atoms with van der Waals surface area (Å²) in [4.78, 5) is 41.8. The molecule has 0 aliphatic rings. The minimum absolute atomic E-state index is 0.0833. The van der Waals surface area contributed by atoms with Crippen molar-refractivity contribution in [1.29, 1.82) is 0 Å². The maximum Gasteiger partial charge on any atom is 0.326 e. The van der Waals surface area contributed by atoms with Crippen LogP contribution in [-0.4, -0.2) is 45.9 Å². The van der Waals surface area contributed by atoms with Crippen LogP contribution in [0.2, 0.25) is 0 Å². The Kier molecular flexibility index (Phi) is 8.26. The lowest BCUT2D eigenvalue weighted by molar-refractivity contribution is -0.139. The van der Waals surface area contributed by atoms with Gasteiger partial charge in [0.25, 0.3) is 5.91 Å². The first-order valence-corrected chi connectivity index (χ1v) is 12.7. The van der Waals surface area contributed by atoms with E-state index in [0.717, 1.165) is 4.88 Å². The summed E-state index contributed by atoms with van der Waals surface area (Å²) in [5, 5.41) is 18.9. The van der Waals surface area contributed by atoms with Gasteiger partial charge in [-0.3, -0.25) is 9.59 Å². The van der Waals surface area contributed by atoms with Gasteiger partial charge in [-0.25, -0.2) is 9.78 Å². The van der Waals surface area contributed by atoms with Crippen molar-refractivity contribution in [2.24, 2.45) is 0 Å². The standard InChI is InChI=1S/C21H22N4O4S3/c1-30-8-6-16(20(28)29)25-19(27)14-5-4-12(9-15(14)17-3-2-7-31-17)23-18(26)10-13-11-32-21(22)24-13/h2-5,7,9,11,16H,6,8,10H2,1H3,(H2,22,24)(H,23,26)(H,25,27)(H,28,29)/t16-/m0/s1. The number of rotatable bonds is 10. The summed E-state index contributed by atoms with van der Waals surface area (Å²) in [6, 6.07) is 7.67. The number of thiophene rings is 1. The summed E-state index contributed by atoms with van der Waals surface area (Å²) >= 11 is 4.23. The normalized spacial score (nSPS) is 11.7. The SMILES string of the molecule is CSCC[C@H](NC(=O)c1ccc(NC(=O)Cc2csc(N)n2)cc1-c1cccs1)C(=O)O. The summed E-state index contributed by atoms with van der Waals surface area (Å²) in [7, 11) is 0. The van der Waals surface area contributed by atoms with Crippen LogP contribution in [0.15, 0.2) is 41.1 Å². The van der Waals surface area contributed by atoms with Crippen LogP contribution < -0.4 is 16.4 Å². The Hall–Kier alpha value is -2.89. The summed E-state index contributed by atoms with van der Waals surface area (Å²) in [6.45, 7) is 0. The second-order valence-electron chi connectivity index (χ2n) is 6.79. The maximum absolute atomic E-state index is 12.9. The first kappa shape index (κ1) is 23.8. The summed E-state index contributed by atoms with van der Waals surface area (Å²) in [5.74, 6) is -1.19. The number of nitrogen functional groups attached to an aromatic ring is 1. The van der Waals surface area contributed by atoms with Gasteiger partial charge >= 0.3 is 5.97 Å². The number of nitrogens with zero attached hydrogens (tertiary/aromatic N) is 1. The zero-order valence-electron chi connectivity index (χ0n) is 17.2. The Morgan fingerprint density at radius 3 is 2.69 bits per heavy atom. The van der Waals surface area contributed by atoms with Gasteiger partial charge in [-0.1, -0.05) is 6.07 Å². The second-order valence-corrected chi connectivity index (χ2v) is 9.61. The third-order valence-electron chi connectivity index (χ3n) is 4.46. The van der Waals surface area contributed by atoms with E-state index in [1.807, 2.05) is 23.8 Å². The van der Waals surface area contributed by atoms with E-state index < -0.39 is 17.9 Å². The van der Waals surface area contributed by atoms with E-state index in [1.54, 1.807) is 23.6 Å². The topological polar surface area (TPSA) is 134 Å². The molecule has 0 bridgehead atoms. The highest BCUT2D eigenvalue weighted by molar-refractivity contribution is 7.98. The first-order chi connectivity index (χ1) is 15.4. The van der Waals surface area contributed by atoms with Crippen LogP contribution in [0.4, 0.5) is 10.8 Å². The molecule has 2 heterocycles. The molecule has 1 atom stereocenters. The van der Waals surface area contributed by atoms with E-state index in [-0.39, 0.29) is 12.3 Å². The van der Waals surface area contributed by atoms with E-state index in [2.05, 4.69) is 15.6 Å². The van der Waals surface area contributed by atoms with Gasteiger partial charge in [0, 0.05) is 27.1 Å². The molecule has 2 aromatic heterocycles. The van der Waals surface area contributed by atoms with Crippen LogP contribution in [-0.2, 0) is 16.0 Å². The molecule has 2 amide bonds. The number of nitrogens with two attached hydrogens (primary N) is 1. The number of aliphatic carboxylic acids is 1. The number of anilines is 2. The van der Waals surface area contributed by atoms with Crippen molar-refractivity contribution >= 4 is 63.0 Å². The molecule has 0 aliphatic carbocycles. The van der Waals surface area contributed by atoms with Crippen molar-refractivity contribution in [3.05, 3.63) is 52.3 Å². The van der Waals surface area contributed by atoms with E-state index in [4.69, 9.17) is 5.73 Å². The maximum atomic E-state index is 12.9. The molecule has 8 nitrogen and oxygen atoms in total. The second kappa shape index (κ2) is 11.1. The van der Waals surface area contributed by atoms with Gasteiger partial charge in [0.15, 0.2) is 5.13 Å². The number of thioether (sulfide) groups is 1. The molecule has 5 N–H and O–H groups in total. The number of carboxylic acids is 1. The molecule has 0 saturated carbocycles. The minimum atomic E-state index is -1.07. The Morgan fingerprint density at radius 2 is 2.06 bits per heavy atom. The number of nitrogens with one attached hydrogen (secondary N) is 2. The number of thiazole rings is 1. The van der Waals surface area contributed by atoms with E-state index in [9.17, 15) is 19.5 Å². The zero-order chi connectivity index (χ0) is 23.1. The third-order valence-corrected chi connectivity index (χ3v) is 6.73. The van der Waals surface area contributed by atoms with E-state index in [0.29, 0.717) is 39.8 Å². The number of aromatic nitrogens is 1. The Balaban J connectivity index is 1.81. The monoisotopic (exact) mass is 490 g/mol. The predicted octanol–water partition coefficient (Wildman–Crippen LogP) is 3.57. The van der Waals surface area contributed by atoms with Gasteiger partial charge in [0.2, 0.25) is 5.91 Å². The fraction of sp³-hybridized carbons (Fsp3) is 0.238. The highest BCUT2D eigenvalue weighted by atomic mass is 32.2. The highest BCUT2D eigenvalue weighted by Gasteiger charge is 2.22. The molecule has 32 heavy (non-hydrogen) atoms. The Morgan fingerprint density at radius 1 is 1.25 bits per heavy atom. The number of carbonyl (C=O) groups is 3. The van der Waals surface area contributed by atoms with Crippen LogP contribution in [0, 0.1) is 0 Å². The molecule has 3 rings (SSSR count). The average molecular weight is 491 g/mol. The van der Waals surface area contributed by atoms with Crippen molar-refractivity contribution in [3.8, 4) is 10.4 Å². The predicted molar refractivity (Wildman–Crippen MR) is 131 cm³/mol. The zero-order valence-corrected chi connectivity index (χ0v) is 19.6. The lowest BCUT2D eigenvalue weighted by Crippen LogP contribution is -2.41. The number of carboxylic acid groups (broad SMARTS) is 1. The number of benzene rings is 1. The Bertz CT molecular complexity index is 1100. The number of hydrogen-bond acceptors (Lipinski definition) is 8. The van der Waals surface area contributed by atoms with Crippen LogP contribution in [0.5, 0.6) is 0 Å². The summed E-state index contributed by atoms with van der Waals surface area (Å²) < 4.78 is 0. The van der Waals surface area contributed by atoms with Crippen LogP contribution >= 0.6 is 34.4 Å². The quantitative estimate of drug-likeness (QED) is 0.341. The lowest BCUT2D eigenvalue weighted by atomic mass is 10.0. The van der Waals surface area contributed by atoms with E-state index in [1.165, 1.54) is 34.4 Å². The van der Waals surface area contributed by atoms with Crippen molar-refractivity contribution in [3.63, 3.8) is 0 Å².